The lowest BCUT2D eigenvalue weighted by atomic mass is 10.1. The molecule has 2 aromatic carbocycles. The van der Waals surface area contributed by atoms with E-state index in [1.54, 1.807) is 37.3 Å². The largest absolute Gasteiger partial charge is 0.494 e. The molecule has 2 aromatic rings. The maximum atomic E-state index is 12.8. The molecule has 1 fully saturated rings. The summed E-state index contributed by atoms with van der Waals surface area (Å²) in [5.41, 5.74) is 0.855. The number of morpholine rings is 1. The fourth-order valence-electron chi connectivity index (χ4n) is 3.09. The molecule has 0 saturated carbocycles. The SMILES string of the molecule is CCOc1ccc(OCCOC(=O)c2cc(S(=O)(=O)N3CCOCC3)ccc2C)cc1. The van der Waals surface area contributed by atoms with Crippen LogP contribution < -0.4 is 9.47 Å². The highest BCUT2D eigenvalue weighted by Crippen LogP contribution is 2.21. The summed E-state index contributed by atoms with van der Waals surface area (Å²) in [7, 11) is -3.69. The Hall–Kier alpha value is -2.62. The van der Waals surface area contributed by atoms with Crippen molar-refractivity contribution in [2.75, 3.05) is 46.1 Å². The minimum atomic E-state index is -3.69. The van der Waals surface area contributed by atoms with Gasteiger partial charge in [-0.05, 0) is 55.8 Å². The zero-order valence-corrected chi connectivity index (χ0v) is 18.5. The molecule has 0 atom stereocenters. The van der Waals surface area contributed by atoms with Gasteiger partial charge in [0, 0.05) is 13.1 Å². The first-order valence-electron chi connectivity index (χ1n) is 10.1. The monoisotopic (exact) mass is 449 g/mol. The van der Waals surface area contributed by atoms with Crippen LogP contribution in [0.1, 0.15) is 22.8 Å². The molecule has 0 radical (unpaired) electrons. The van der Waals surface area contributed by atoms with E-state index in [1.807, 2.05) is 6.92 Å². The van der Waals surface area contributed by atoms with E-state index in [-0.39, 0.29) is 23.7 Å². The number of aryl methyl sites for hydroxylation is 1. The van der Waals surface area contributed by atoms with Crippen LogP contribution in [0.15, 0.2) is 47.4 Å². The van der Waals surface area contributed by atoms with Crippen LogP contribution in [0.2, 0.25) is 0 Å². The van der Waals surface area contributed by atoms with E-state index in [2.05, 4.69) is 0 Å². The molecule has 9 heteroatoms. The van der Waals surface area contributed by atoms with E-state index in [0.717, 1.165) is 5.75 Å². The lowest BCUT2D eigenvalue weighted by Gasteiger charge is -2.26. The Labute approximate surface area is 182 Å². The van der Waals surface area contributed by atoms with Gasteiger partial charge in [0.25, 0.3) is 0 Å². The molecule has 3 rings (SSSR count). The van der Waals surface area contributed by atoms with Gasteiger partial charge in [-0.1, -0.05) is 6.07 Å². The highest BCUT2D eigenvalue weighted by molar-refractivity contribution is 7.89. The fourth-order valence-corrected chi connectivity index (χ4v) is 4.52. The molecule has 0 bridgehead atoms. The molecule has 8 nitrogen and oxygen atoms in total. The number of esters is 1. The maximum absolute atomic E-state index is 12.8. The Bertz CT molecular complexity index is 983. The maximum Gasteiger partial charge on any atom is 0.338 e. The summed E-state index contributed by atoms with van der Waals surface area (Å²) in [6.07, 6.45) is 0. The normalized spacial score (nSPS) is 14.8. The predicted octanol–water partition coefficient (Wildman–Crippen LogP) is 2.65. The highest BCUT2D eigenvalue weighted by atomic mass is 32.2. The van der Waals surface area contributed by atoms with Gasteiger partial charge in [-0.15, -0.1) is 0 Å². The van der Waals surface area contributed by atoms with Gasteiger partial charge in [-0.2, -0.15) is 4.31 Å². The van der Waals surface area contributed by atoms with Crippen molar-refractivity contribution < 1.29 is 32.2 Å². The number of nitrogens with zero attached hydrogens (tertiary/aromatic N) is 1. The second-order valence-electron chi connectivity index (χ2n) is 6.88. The first kappa shape index (κ1) is 23.1. The molecule has 31 heavy (non-hydrogen) atoms. The molecule has 1 aliphatic rings. The number of sulfonamides is 1. The van der Waals surface area contributed by atoms with Crippen LogP contribution in [-0.4, -0.2) is 64.8 Å². The first-order chi connectivity index (χ1) is 14.9. The third-order valence-electron chi connectivity index (χ3n) is 4.76. The van der Waals surface area contributed by atoms with Gasteiger partial charge < -0.3 is 18.9 Å². The quantitative estimate of drug-likeness (QED) is 0.429. The highest BCUT2D eigenvalue weighted by Gasteiger charge is 2.27. The molecular formula is C22H27NO7S. The van der Waals surface area contributed by atoms with Crippen molar-refractivity contribution in [3.05, 3.63) is 53.6 Å². The number of hydrogen-bond acceptors (Lipinski definition) is 7. The summed E-state index contributed by atoms with van der Waals surface area (Å²) >= 11 is 0. The number of hydrogen-bond donors (Lipinski definition) is 0. The Morgan fingerprint density at radius 3 is 2.29 bits per heavy atom. The summed E-state index contributed by atoms with van der Waals surface area (Å²) in [5, 5.41) is 0. The second-order valence-corrected chi connectivity index (χ2v) is 8.82. The van der Waals surface area contributed by atoms with Crippen molar-refractivity contribution in [3.63, 3.8) is 0 Å². The fraction of sp³-hybridized carbons (Fsp3) is 0.409. The number of benzene rings is 2. The third-order valence-corrected chi connectivity index (χ3v) is 6.65. The smallest absolute Gasteiger partial charge is 0.338 e. The van der Waals surface area contributed by atoms with Crippen molar-refractivity contribution in [2.24, 2.45) is 0 Å². The van der Waals surface area contributed by atoms with E-state index >= 15 is 0 Å². The van der Waals surface area contributed by atoms with Gasteiger partial charge in [-0.25, -0.2) is 13.2 Å². The van der Waals surface area contributed by atoms with Gasteiger partial charge in [0.05, 0.1) is 30.3 Å². The van der Waals surface area contributed by atoms with Crippen LogP contribution in [-0.2, 0) is 19.5 Å². The van der Waals surface area contributed by atoms with E-state index in [9.17, 15) is 13.2 Å². The molecule has 0 spiro atoms. The molecule has 1 aliphatic heterocycles. The van der Waals surface area contributed by atoms with Gasteiger partial charge >= 0.3 is 5.97 Å². The van der Waals surface area contributed by atoms with Gasteiger partial charge in [-0.3, -0.25) is 0 Å². The standard InChI is InChI=1S/C22H27NO7S/c1-3-28-18-5-7-19(8-6-18)29-14-15-30-22(24)21-16-20(9-4-17(21)2)31(25,26)23-10-12-27-13-11-23/h4-9,16H,3,10-15H2,1-2H3. The van der Waals surface area contributed by atoms with Gasteiger partial charge in [0.15, 0.2) is 0 Å². The number of carbonyl (C=O) groups excluding carboxylic acids is 1. The summed E-state index contributed by atoms with van der Waals surface area (Å²) in [4.78, 5) is 12.6. The Morgan fingerprint density at radius 2 is 1.65 bits per heavy atom. The second kappa shape index (κ2) is 10.6. The van der Waals surface area contributed by atoms with Crippen molar-refractivity contribution in [1.82, 2.24) is 4.31 Å². The molecule has 1 heterocycles. The molecule has 168 valence electrons. The summed E-state index contributed by atoms with van der Waals surface area (Å²) in [6, 6.07) is 11.6. The average molecular weight is 450 g/mol. The van der Waals surface area contributed by atoms with Crippen LogP contribution in [0, 0.1) is 6.92 Å². The summed E-state index contributed by atoms with van der Waals surface area (Å²) in [6.45, 7) is 5.73. The molecule has 1 saturated heterocycles. The van der Waals surface area contributed by atoms with Crippen LogP contribution in [0.25, 0.3) is 0 Å². The van der Waals surface area contributed by atoms with Gasteiger partial charge in [0.2, 0.25) is 10.0 Å². The minimum absolute atomic E-state index is 0.0337. The molecule has 0 aromatic heterocycles. The minimum Gasteiger partial charge on any atom is -0.494 e. The Balaban J connectivity index is 1.58. The van der Waals surface area contributed by atoms with E-state index in [1.165, 1.54) is 16.4 Å². The van der Waals surface area contributed by atoms with Crippen LogP contribution in [0.4, 0.5) is 0 Å². The third kappa shape index (κ3) is 5.96. The van der Waals surface area contributed by atoms with Crippen LogP contribution >= 0.6 is 0 Å². The Morgan fingerprint density at radius 1 is 1.00 bits per heavy atom. The van der Waals surface area contributed by atoms with E-state index in [0.29, 0.717) is 44.2 Å². The van der Waals surface area contributed by atoms with Gasteiger partial charge in [0.1, 0.15) is 24.7 Å². The molecule has 0 amide bonds. The zero-order valence-electron chi connectivity index (χ0n) is 17.7. The van der Waals surface area contributed by atoms with Crippen molar-refractivity contribution in [3.8, 4) is 11.5 Å². The molecule has 0 N–H and O–H groups in total. The van der Waals surface area contributed by atoms with Crippen molar-refractivity contribution in [2.45, 2.75) is 18.7 Å². The van der Waals surface area contributed by atoms with Crippen LogP contribution in [0.3, 0.4) is 0 Å². The average Bonchev–Trinajstić information content (AvgIpc) is 2.78. The topological polar surface area (TPSA) is 91.4 Å². The number of ether oxygens (including phenoxy) is 4. The van der Waals surface area contributed by atoms with Crippen molar-refractivity contribution >= 4 is 16.0 Å². The first-order valence-corrected chi connectivity index (χ1v) is 11.6. The zero-order chi connectivity index (χ0) is 22.3. The summed E-state index contributed by atoms with van der Waals surface area (Å²) < 4.78 is 48.5. The van der Waals surface area contributed by atoms with Crippen LogP contribution in [0.5, 0.6) is 11.5 Å². The lowest BCUT2D eigenvalue weighted by Crippen LogP contribution is -2.40. The number of rotatable bonds is 9. The number of carbonyl (C=O) groups is 1. The molecule has 0 unspecified atom stereocenters. The molecule has 0 aliphatic carbocycles. The molecular weight excluding hydrogens is 422 g/mol. The Kier molecular flexibility index (Phi) is 7.89. The summed E-state index contributed by atoms with van der Waals surface area (Å²) in [5.74, 6) is 0.796. The predicted molar refractivity (Wildman–Crippen MR) is 114 cm³/mol. The lowest BCUT2D eigenvalue weighted by molar-refractivity contribution is 0.0449. The van der Waals surface area contributed by atoms with E-state index in [4.69, 9.17) is 18.9 Å². The van der Waals surface area contributed by atoms with Crippen molar-refractivity contribution in [1.29, 1.82) is 0 Å². The van der Waals surface area contributed by atoms with E-state index < -0.39 is 16.0 Å².